The van der Waals surface area contributed by atoms with Gasteiger partial charge in [-0.2, -0.15) is 0 Å². The van der Waals surface area contributed by atoms with Gasteiger partial charge in [-0.05, 0) is 26.8 Å². The van der Waals surface area contributed by atoms with Crippen molar-refractivity contribution in [2.45, 2.75) is 37.8 Å². The van der Waals surface area contributed by atoms with Crippen LogP contribution in [-0.2, 0) is 19.1 Å². The van der Waals surface area contributed by atoms with Gasteiger partial charge in [0.2, 0.25) is 6.41 Å². The van der Waals surface area contributed by atoms with E-state index in [0.29, 0.717) is 12.2 Å². The predicted molar refractivity (Wildman–Crippen MR) is 70.0 cm³/mol. The molecule has 19 heavy (non-hydrogen) atoms. The lowest BCUT2D eigenvalue weighted by Gasteiger charge is -2.48. The molecule has 0 aromatic carbocycles. The van der Waals surface area contributed by atoms with Gasteiger partial charge >= 0.3 is 5.97 Å². The van der Waals surface area contributed by atoms with Crippen LogP contribution < -0.4 is 5.32 Å². The normalized spacial score (nSPS) is 25.9. The monoisotopic (exact) mass is 284 g/mol. The molecule has 0 aromatic heterocycles. The maximum Gasteiger partial charge on any atom is 0.355 e. The third-order valence-electron chi connectivity index (χ3n) is 2.70. The van der Waals surface area contributed by atoms with Crippen LogP contribution >= 0.6 is 11.8 Å². The number of nitrogens with zero attached hydrogens (tertiary/aromatic N) is 1. The minimum Gasteiger partial charge on any atom is -0.455 e. The molecule has 1 fully saturated rings. The van der Waals surface area contributed by atoms with Gasteiger partial charge in [-0.15, -0.1) is 11.8 Å². The van der Waals surface area contributed by atoms with Crippen molar-refractivity contribution in [3.8, 4) is 0 Å². The van der Waals surface area contributed by atoms with Gasteiger partial charge < -0.3 is 10.1 Å². The predicted octanol–water partition coefficient (Wildman–Crippen LogP) is 0.242. The number of β-lactam (4-membered cyclic amide) rings is 1. The molecule has 2 heterocycles. The van der Waals surface area contributed by atoms with Crippen molar-refractivity contribution in [3.05, 3.63) is 11.8 Å². The second kappa shape index (κ2) is 4.88. The maximum atomic E-state index is 12.0. The first kappa shape index (κ1) is 13.9. The molecule has 0 aliphatic carbocycles. The first-order valence-corrected chi connectivity index (χ1v) is 6.98. The lowest BCUT2D eigenvalue weighted by molar-refractivity contribution is -0.158. The van der Waals surface area contributed by atoms with Crippen LogP contribution in [0.15, 0.2) is 11.8 Å². The van der Waals surface area contributed by atoms with Gasteiger partial charge in [-0.3, -0.25) is 14.5 Å². The van der Waals surface area contributed by atoms with E-state index in [0.717, 1.165) is 0 Å². The van der Waals surface area contributed by atoms with Gasteiger partial charge in [0.15, 0.2) is 0 Å². The van der Waals surface area contributed by atoms with Crippen LogP contribution in [-0.4, -0.2) is 46.0 Å². The number of amides is 2. The SMILES string of the molecule is CC(C)(C)OC(=O)C1=CCS[C@@H]2C(NC=O)C(=O)N12. The Morgan fingerprint density at radius 3 is 2.84 bits per heavy atom. The number of carbonyl (C=O) groups excluding carboxylic acids is 3. The van der Waals surface area contributed by atoms with Crippen LogP contribution in [0.4, 0.5) is 0 Å². The quantitative estimate of drug-likeness (QED) is 0.456. The summed E-state index contributed by atoms with van der Waals surface area (Å²) in [6.45, 7) is 5.32. The standard InChI is InChI=1S/C12H16N2O4S/c1-12(2,3)18-11(17)7-4-5-19-10-8(13-6-15)9(16)14(7)10/h4,6,8,10H,5H2,1-3H3,(H,13,15)/t8?,10-/m1/s1. The Morgan fingerprint density at radius 2 is 2.26 bits per heavy atom. The maximum absolute atomic E-state index is 12.0. The molecule has 1 saturated heterocycles. The van der Waals surface area contributed by atoms with Crippen LogP contribution in [0.25, 0.3) is 0 Å². The summed E-state index contributed by atoms with van der Waals surface area (Å²) in [7, 11) is 0. The largest absolute Gasteiger partial charge is 0.455 e. The number of carbonyl (C=O) groups is 3. The summed E-state index contributed by atoms with van der Waals surface area (Å²) in [5.41, 5.74) is -0.334. The number of esters is 1. The van der Waals surface area contributed by atoms with E-state index >= 15 is 0 Å². The number of hydrogen-bond acceptors (Lipinski definition) is 5. The van der Waals surface area contributed by atoms with Gasteiger partial charge in [0, 0.05) is 5.75 Å². The van der Waals surface area contributed by atoms with Crippen molar-refractivity contribution in [1.29, 1.82) is 0 Å². The van der Waals surface area contributed by atoms with Gasteiger partial charge in [0.1, 0.15) is 22.7 Å². The molecule has 0 radical (unpaired) electrons. The Kier molecular flexibility index (Phi) is 3.58. The Bertz CT molecular complexity index is 455. The fraction of sp³-hybridized carbons (Fsp3) is 0.583. The fourth-order valence-corrected chi connectivity index (χ4v) is 3.16. The average Bonchev–Trinajstić information content (AvgIpc) is 2.32. The Morgan fingerprint density at radius 1 is 1.58 bits per heavy atom. The molecule has 0 bridgehead atoms. The molecule has 1 unspecified atom stereocenters. The van der Waals surface area contributed by atoms with Crippen LogP contribution in [0.5, 0.6) is 0 Å². The molecular formula is C12H16N2O4S. The second-order valence-electron chi connectivity index (χ2n) is 5.29. The molecule has 2 aliphatic heterocycles. The third-order valence-corrected chi connectivity index (χ3v) is 3.89. The molecule has 104 valence electrons. The highest BCUT2D eigenvalue weighted by atomic mass is 32.2. The number of hydrogen-bond donors (Lipinski definition) is 1. The molecule has 1 N–H and O–H groups in total. The summed E-state index contributed by atoms with van der Waals surface area (Å²) in [5.74, 6) is -0.169. The van der Waals surface area contributed by atoms with E-state index in [1.165, 1.54) is 16.7 Å². The summed E-state index contributed by atoms with van der Waals surface area (Å²) in [5, 5.41) is 2.25. The fourth-order valence-electron chi connectivity index (χ4n) is 1.95. The van der Waals surface area contributed by atoms with Gasteiger partial charge in [-0.25, -0.2) is 4.79 Å². The molecule has 2 aliphatic rings. The van der Waals surface area contributed by atoms with E-state index in [9.17, 15) is 14.4 Å². The van der Waals surface area contributed by atoms with E-state index in [1.54, 1.807) is 26.8 Å². The highest BCUT2D eigenvalue weighted by Gasteiger charge is 2.52. The number of nitrogens with one attached hydrogen (secondary N) is 1. The van der Waals surface area contributed by atoms with Crippen molar-refractivity contribution in [2.24, 2.45) is 0 Å². The lowest BCUT2D eigenvalue weighted by atomic mass is 10.1. The smallest absolute Gasteiger partial charge is 0.355 e. The van der Waals surface area contributed by atoms with E-state index in [2.05, 4.69) is 5.32 Å². The lowest BCUT2D eigenvalue weighted by Crippen LogP contribution is -2.69. The summed E-state index contributed by atoms with van der Waals surface area (Å²) in [6, 6.07) is -0.548. The number of rotatable bonds is 3. The third kappa shape index (κ3) is 2.60. The minimum absolute atomic E-state index is 0.217. The number of ether oxygens (including phenoxy) is 1. The van der Waals surface area contributed by atoms with Crippen molar-refractivity contribution < 1.29 is 19.1 Å². The molecule has 0 aromatic rings. The molecule has 0 spiro atoms. The van der Waals surface area contributed by atoms with E-state index in [4.69, 9.17) is 4.74 Å². The van der Waals surface area contributed by atoms with Crippen LogP contribution in [0.3, 0.4) is 0 Å². The molecule has 2 amide bonds. The van der Waals surface area contributed by atoms with Gasteiger partial charge in [0.05, 0.1) is 0 Å². The van der Waals surface area contributed by atoms with Gasteiger partial charge in [0.25, 0.3) is 5.91 Å². The number of thioether (sulfide) groups is 1. The van der Waals surface area contributed by atoms with Crippen LogP contribution in [0.2, 0.25) is 0 Å². The zero-order chi connectivity index (χ0) is 14.2. The minimum atomic E-state index is -0.605. The summed E-state index contributed by atoms with van der Waals surface area (Å²) in [4.78, 5) is 35.8. The van der Waals surface area contributed by atoms with E-state index in [1.807, 2.05) is 0 Å². The van der Waals surface area contributed by atoms with Crippen molar-refractivity contribution in [1.82, 2.24) is 10.2 Å². The van der Waals surface area contributed by atoms with Crippen molar-refractivity contribution in [2.75, 3.05) is 5.75 Å². The molecular weight excluding hydrogens is 268 g/mol. The van der Waals surface area contributed by atoms with Crippen LogP contribution in [0.1, 0.15) is 20.8 Å². The highest BCUT2D eigenvalue weighted by Crippen LogP contribution is 2.37. The first-order chi connectivity index (χ1) is 8.85. The molecule has 0 saturated carbocycles. The zero-order valence-electron chi connectivity index (χ0n) is 11.0. The molecule has 2 atom stereocenters. The Hall–Kier alpha value is -1.50. The molecule has 2 rings (SSSR count). The first-order valence-electron chi connectivity index (χ1n) is 5.93. The average molecular weight is 284 g/mol. The highest BCUT2D eigenvalue weighted by molar-refractivity contribution is 8.00. The molecule has 7 heteroatoms. The number of fused-ring (bicyclic) bond motifs is 1. The van der Waals surface area contributed by atoms with Crippen molar-refractivity contribution in [3.63, 3.8) is 0 Å². The second-order valence-corrected chi connectivity index (χ2v) is 6.44. The molecule has 6 nitrogen and oxygen atoms in total. The Labute approximate surface area is 115 Å². The van der Waals surface area contributed by atoms with Crippen molar-refractivity contribution >= 4 is 30.0 Å². The topological polar surface area (TPSA) is 75.7 Å². The zero-order valence-corrected chi connectivity index (χ0v) is 11.8. The summed E-state index contributed by atoms with van der Waals surface area (Å²) >= 11 is 1.50. The summed E-state index contributed by atoms with van der Waals surface area (Å²) < 4.78 is 5.27. The van der Waals surface area contributed by atoms with E-state index < -0.39 is 17.6 Å². The van der Waals surface area contributed by atoms with Crippen LogP contribution in [0, 0.1) is 0 Å². The van der Waals surface area contributed by atoms with E-state index in [-0.39, 0.29) is 17.0 Å². The summed E-state index contributed by atoms with van der Waals surface area (Å²) in [6.07, 6.45) is 2.19. The Balaban J connectivity index is 2.12. The van der Waals surface area contributed by atoms with Gasteiger partial charge in [-0.1, -0.05) is 0 Å².